The van der Waals surface area contributed by atoms with E-state index in [4.69, 9.17) is 26.2 Å². The number of carbonyl (C=O) groups is 1. The van der Waals surface area contributed by atoms with Gasteiger partial charge in [-0.05, 0) is 39.9 Å². The van der Waals surface area contributed by atoms with Crippen molar-refractivity contribution in [3.05, 3.63) is 26.9 Å². The normalized spacial score (nSPS) is 26.4. The number of nitrogens with zero attached hydrogens (tertiary/aromatic N) is 1. The Morgan fingerprint density at radius 1 is 1.41 bits per heavy atom. The Morgan fingerprint density at radius 2 is 2.07 bits per heavy atom. The van der Waals surface area contributed by atoms with Crippen LogP contribution in [0.4, 0.5) is 0 Å². The average Bonchev–Trinajstić information content (AvgIpc) is 2.90. The number of aromatic nitrogens is 2. The van der Waals surface area contributed by atoms with Gasteiger partial charge in [0.25, 0.3) is 13.7 Å². The first-order valence-electron chi connectivity index (χ1n) is 8.98. The predicted octanol–water partition coefficient (Wildman–Crippen LogP) is 0.170. The molecule has 2 rings (SSSR count). The molecule has 11 nitrogen and oxygen atoms in total. The van der Waals surface area contributed by atoms with Crippen LogP contribution in [0, 0.1) is 11.7 Å². The lowest BCUT2D eigenvalue weighted by Gasteiger charge is -2.19. The molecule has 0 aromatic carbocycles. The maximum absolute atomic E-state index is 12.1. The van der Waals surface area contributed by atoms with Gasteiger partial charge in [-0.25, -0.2) is 5.09 Å². The van der Waals surface area contributed by atoms with Gasteiger partial charge in [0.1, 0.15) is 24.4 Å². The zero-order valence-electron chi connectivity index (χ0n) is 16.4. The number of esters is 1. The number of aliphatic hydroxyl groups is 2. The molecular formula is C16H26N3O8PS. The van der Waals surface area contributed by atoms with Crippen LogP contribution in [-0.4, -0.2) is 62.8 Å². The molecule has 4 N–H and O–H groups in total. The smallest absolute Gasteiger partial charge is 0.323 e. The van der Waals surface area contributed by atoms with Crippen molar-refractivity contribution in [2.75, 3.05) is 6.61 Å². The fraction of sp³-hybridized carbons (Fsp3) is 0.688. The topological polar surface area (TPSA) is 152 Å². The molecule has 1 aliphatic heterocycles. The first-order valence-corrected chi connectivity index (χ1v) is 10.7. The Bertz CT molecular complexity index is 872. The Hall–Kier alpha value is -1.40. The van der Waals surface area contributed by atoms with Crippen molar-refractivity contribution < 1.29 is 33.6 Å². The summed E-state index contributed by atoms with van der Waals surface area (Å²) >= 11 is 5.08. The number of aryl methyl sites for hydroxylation is 1. The largest absolute Gasteiger partial charge is 0.462 e. The highest BCUT2D eigenvalue weighted by molar-refractivity contribution is 7.71. The van der Waals surface area contributed by atoms with E-state index in [1.165, 1.54) is 17.7 Å². The van der Waals surface area contributed by atoms with Gasteiger partial charge in [-0.15, -0.1) is 0 Å². The third kappa shape index (κ3) is 6.05. The van der Waals surface area contributed by atoms with E-state index in [0.29, 0.717) is 5.56 Å². The number of carbonyl (C=O) groups excluding carboxylic acids is 1. The van der Waals surface area contributed by atoms with Crippen molar-refractivity contribution in [3.8, 4) is 0 Å². The second-order valence-corrected chi connectivity index (χ2v) is 8.51. The average molecular weight is 451 g/mol. The Morgan fingerprint density at radius 3 is 2.69 bits per heavy atom. The molecule has 29 heavy (non-hydrogen) atoms. The maximum Gasteiger partial charge on any atom is 0.323 e. The first kappa shape index (κ1) is 23.9. The van der Waals surface area contributed by atoms with Gasteiger partial charge in [-0.3, -0.25) is 23.7 Å². The Balaban J connectivity index is 1.97. The monoisotopic (exact) mass is 451 g/mol. The van der Waals surface area contributed by atoms with E-state index in [9.17, 15) is 24.4 Å². The molecule has 0 amide bonds. The van der Waals surface area contributed by atoms with Gasteiger partial charge in [0.05, 0.1) is 12.7 Å². The number of aromatic amines is 1. The Labute approximate surface area is 172 Å². The van der Waals surface area contributed by atoms with Crippen LogP contribution in [0.15, 0.2) is 11.0 Å². The standard InChI is InChI=1S/C16H26N3O8PS/c1-7(2)26-15(23)9(4)18-28(24)25-6-10-11(20)12(21)14(27-10)19-5-8(3)13(22)17-16(19)29/h5,7,9-12,14,20-21,28H,6H2,1-4H3,(H,18,24)(H,17,22,29)/t9-,10-,11?,12+,14-/m0/s1. The lowest BCUT2D eigenvalue weighted by atomic mass is 10.1. The number of rotatable bonds is 8. The van der Waals surface area contributed by atoms with Crippen LogP contribution in [0.2, 0.25) is 0 Å². The molecule has 6 atom stereocenters. The van der Waals surface area contributed by atoms with Crippen molar-refractivity contribution in [1.29, 1.82) is 0 Å². The van der Waals surface area contributed by atoms with Gasteiger partial charge >= 0.3 is 5.97 Å². The predicted molar refractivity (Wildman–Crippen MR) is 105 cm³/mol. The van der Waals surface area contributed by atoms with E-state index in [-0.39, 0.29) is 23.0 Å². The van der Waals surface area contributed by atoms with Crippen molar-refractivity contribution in [2.45, 2.75) is 64.4 Å². The maximum atomic E-state index is 12.1. The second kappa shape index (κ2) is 10.1. The molecule has 1 aliphatic rings. The van der Waals surface area contributed by atoms with E-state index in [0.717, 1.165) is 0 Å². The lowest BCUT2D eigenvalue weighted by Crippen LogP contribution is -2.35. The lowest BCUT2D eigenvalue weighted by molar-refractivity contribution is -0.149. The number of nitrogens with one attached hydrogen (secondary N) is 2. The zero-order chi connectivity index (χ0) is 21.9. The summed E-state index contributed by atoms with van der Waals surface area (Å²) in [7, 11) is -2.85. The van der Waals surface area contributed by atoms with E-state index in [2.05, 4.69) is 10.1 Å². The SMILES string of the molecule is Cc1cn([C@H]2O[C@@H](CO[PH](=O)N[C@@H](C)C(=O)OC(C)C)C(O)[C@H]2O)c(=S)[nH]c1=O. The molecule has 164 valence electrons. The first-order chi connectivity index (χ1) is 13.5. The van der Waals surface area contributed by atoms with Gasteiger partial charge in [-0.1, -0.05) is 0 Å². The van der Waals surface area contributed by atoms with E-state index >= 15 is 0 Å². The van der Waals surface area contributed by atoms with Crippen LogP contribution >= 0.6 is 20.4 Å². The van der Waals surface area contributed by atoms with Gasteiger partial charge < -0.3 is 24.2 Å². The zero-order valence-corrected chi connectivity index (χ0v) is 18.3. The van der Waals surface area contributed by atoms with Crippen LogP contribution in [0.1, 0.15) is 32.6 Å². The van der Waals surface area contributed by atoms with Crippen molar-refractivity contribution in [1.82, 2.24) is 14.6 Å². The van der Waals surface area contributed by atoms with Crippen molar-refractivity contribution in [3.63, 3.8) is 0 Å². The van der Waals surface area contributed by atoms with Crippen molar-refractivity contribution >= 4 is 26.4 Å². The highest BCUT2D eigenvalue weighted by Gasteiger charge is 2.44. The van der Waals surface area contributed by atoms with Gasteiger partial charge in [0, 0.05) is 11.8 Å². The van der Waals surface area contributed by atoms with E-state index < -0.39 is 44.7 Å². The molecule has 2 heterocycles. The minimum Gasteiger partial charge on any atom is -0.462 e. The molecule has 1 fully saturated rings. The highest BCUT2D eigenvalue weighted by Crippen LogP contribution is 2.31. The summed E-state index contributed by atoms with van der Waals surface area (Å²) in [5, 5.41) is 23.0. The number of hydrogen-bond donors (Lipinski definition) is 4. The highest BCUT2D eigenvalue weighted by atomic mass is 32.1. The van der Waals surface area contributed by atoms with E-state index in [1.807, 2.05) is 0 Å². The van der Waals surface area contributed by atoms with Gasteiger partial charge in [-0.2, -0.15) is 0 Å². The summed E-state index contributed by atoms with van der Waals surface area (Å²) in [4.78, 5) is 25.8. The second-order valence-electron chi connectivity index (χ2n) is 6.98. The molecule has 1 aromatic rings. The summed E-state index contributed by atoms with van der Waals surface area (Å²) in [5.74, 6) is -0.572. The third-order valence-corrected chi connectivity index (χ3v) is 5.59. The quantitative estimate of drug-likeness (QED) is 0.244. The molecule has 0 spiro atoms. The molecule has 0 bridgehead atoms. The van der Waals surface area contributed by atoms with Crippen LogP contribution < -0.4 is 10.6 Å². The van der Waals surface area contributed by atoms with Crippen molar-refractivity contribution in [2.24, 2.45) is 0 Å². The molecule has 2 unspecified atom stereocenters. The minimum atomic E-state index is -2.85. The molecule has 13 heteroatoms. The third-order valence-electron chi connectivity index (χ3n) is 4.18. The minimum absolute atomic E-state index is 0.0196. The summed E-state index contributed by atoms with van der Waals surface area (Å²) in [6.07, 6.45) is -3.64. The number of hydrogen-bond acceptors (Lipinski definition) is 9. The molecule has 1 aromatic heterocycles. The number of H-pyrrole nitrogens is 1. The molecule has 0 radical (unpaired) electrons. The van der Waals surface area contributed by atoms with Gasteiger partial charge in [0.2, 0.25) is 0 Å². The molecule has 1 saturated heterocycles. The molecule has 0 saturated carbocycles. The molecular weight excluding hydrogens is 425 g/mol. The molecule has 0 aliphatic carbocycles. The van der Waals surface area contributed by atoms with Crippen LogP contribution in [0.25, 0.3) is 0 Å². The van der Waals surface area contributed by atoms with Crippen LogP contribution in [0.3, 0.4) is 0 Å². The number of aliphatic hydroxyl groups excluding tert-OH is 2. The van der Waals surface area contributed by atoms with Crippen LogP contribution in [-0.2, 0) is 23.4 Å². The fourth-order valence-electron chi connectivity index (χ4n) is 2.64. The fourth-order valence-corrected chi connectivity index (χ4v) is 3.76. The summed E-state index contributed by atoms with van der Waals surface area (Å²) in [6.45, 7) is 6.13. The Kier molecular flexibility index (Phi) is 8.29. The van der Waals surface area contributed by atoms with E-state index in [1.54, 1.807) is 20.8 Å². The summed E-state index contributed by atoms with van der Waals surface area (Å²) in [6, 6.07) is -0.848. The van der Waals surface area contributed by atoms with Gasteiger partial charge in [0.15, 0.2) is 11.0 Å². The van der Waals surface area contributed by atoms with Crippen LogP contribution in [0.5, 0.6) is 0 Å². The summed E-state index contributed by atoms with van der Waals surface area (Å²) in [5.41, 5.74) is -0.0194. The summed E-state index contributed by atoms with van der Waals surface area (Å²) < 4.78 is 29.2. The number of ether oxygens (including phenoxy) is 2.